The molecule has 1 saturated heterocycles. The number of nitrogens with one attached hydrogen (secondary N) is 1. The first-order valence-corrected chi connectivity index (χ1v) is 11.2. The van der Waals surface area contributed by atoms with Crippen LogP contribution in [0.5, 0.6) is 0 Å². The number of ketones is 1. The second-order valence-corrected chi connectivity index (χ2v) is 9.97. The van der Waals surface area contributed by atoms with Gasteiger partial charge in [0.15, 0.2) is 11.4 Å². The number of hydrogen-bond donors (Lipinski definition) is 1. The summed E-state index contributed by atoms with van der Waals surface area (Å²) in [5.74, 6) is 0.686. The van der Waals surface area contributed by atoms with Crippen LogP contribution in [0, 0.1) is 5.41 Å². The first-order chi connectivity index (χ1) is 13.8. The predicted molar refractivity (Wildman–Crippen MR) is 116 cm³/mol. The number of fused-ring (bicyclic) bond motifs is 1. The Labute approximate surface area is 171 Å². The van der Waals surface area contributed by atoms with Gasteiger partial charge in [0, 0.05) is 29.9 Å². The molecule has 0 spiro atoms. The molecule has 29 heavy (non-hydrogen) atoms. The third-order valence-corrected chi connectivity index (χ3v) is 6.32. The number of rotatable bonds is 3. The van der Waals surface area contributed by atoms with Gasteiger partial charge in [-0.05, 0) is 17.9 Å². The van der Waals surface area contributed by atoms with Crippen molar-refractivity contribution in [3.8, 4) is 11.3 Å². The zero-order valence-electron chi connectivity index (χ0n) is 16.5. The third-order valence-electron chi connectivity index (χ3n) is 4.89. The Bertz CT molecular complexity index is 1150. The average molecular weight is 414 g/mol. The highest BCUT2D eigenvalue weighted by Gasteiger charge is 2.28. The van der Waals surface area contributed by atoms with Crippen molar-refractivity contribution in [1.29, 1.82) is 0 Å². The molecule has 152 valence electrons. The standard InChI is InChI=1S/C20H23N5O3S/c1-20(2,3)16(26)12-9-22-17-15(12)24-13(10-23-17)11-4-5-21-14(8-11)25-6-7-29-19(28)18(25)27/h4-5,8-10H,6-7H2,1-3H3,29H4,(H,22,23). The molecule has 4 heterocycles. The highest BCUT2D eigenvalue weighted by Crippen LogP contribution is 2.28. The first kappa shape index (κ1) is 19.3. The van der Waals surface area contributed by atoms with E-state index in [1.54, 1.807) is 30.7 Å². The summed E-state index contributed by atoms with van der Waals surface area (Å²) >= 11 is -0.969. The van der Waals surface area contributed by atoms with Crippen molar-refractivity contribution < 1.29 is 14.4 Å². The van der Waals surface area contributed by atoms with Gasteiger partial charge in [0.1, 0.15) is 11.3 Å². The van der Waals surface area contributed by atoms with Crippen LogP contribution in [0.3, 0.4) is 0 Å². The molecule has 0 bridgehead atoms. The van der Waals surface area contributed by atoms with Gasteiger partial charge in [0.05, 0.1) is 17.5 Å². The maximum Gasteiger partial charge on any atom is 0.302 e. The van der Waals surface area contributed by atoms with Crippen LogP contribution in [-0.4, -0.2) is 49.0 Å². The van der Waals surface area contributed by atoms with E-state index in [2.05, 4.69) is 19.9 Å². The summed E-state index contributed by atoms with van der Waals surface area (Å²) in [7, 11) is 0. The number of hydrogen-bond acceptors (Lipinski definition) is 6. The number of carbonyl (C=O) groups excluding carboxylic acids is 3. The monoisotopic (exact) mass is 413 g/mol. The minimum atomic E-state index is -0.969. The van der Waals surface area contributed by atoms with Crippen molar-refractivity contribution in [3.05, 3.63) is 36.3 Å². The average Bonchev–Trinajstić information content (AvgIpc) is 3.12. The number of anilines is 1. The van der Waals surface area contributed by atoms with Crippen LogP contribution in [0.25, 0.3) is 22.4 Å². The van der Waals surface area contributed by atoms with E-state index in [1.165, 1.54) is 4.90 Å². The van der Waals surface area contributed by atoms with Crippen LogP contribution in [-0.2, 0) is 9.59 Å². The molecule has 0 unspecified atom stereocenters. The fourth-order valence-electron chi connectivity index (χ4n) is 3.31. The second-order valence-electron chi connectivity index (χ2n) is 8.12. The lowest BCUT2D eigenvalue weighted by atomic mass is 9.87. The topological polar surface area (TPSA) is 109 Å². The molecule has 3 aromatic heterocycles. The molecule has 9 heteroatoms. The van der Waals surface area contributed by atoms with E-state index in [-0.39, 0.29) is 10.9 Å². The van der Waals surface area contributed by atoms with Crippen molar-refractivity contribution in [2.75, 3.05) is 17.2 Å². The molecule has 1 aliphatic rings. The van der Waals surface area contributed by atoms with Crippen LogP contribution in [0.15, 0.2) is 30.7 Å². The van der Waals surface area contributed by atoms with Crippen LogP contribution in [0.1, 0.15) is 31.1 Å². The van der Waals surface area contributed by atoms with Crippen molar-refractivity contribution in [2.45, 2.75) is 20.8 Å². The summed E-state index contributed by atoms with van der Waals surface area (Å²) in [5.41, 5.74) is 2.28. The Morgan fingerprint density at radius 2 is 2.03 bits per heavy atom. The molecule has 0 atom stereocenters. The molecule has 0 aromatic carbocycles. The van der Waals surface area contributed by atoms with Gasteiger partial charge in [-0.1, -0.05) is 20.8 Å². The lowest BCUT2D eigenvalue weighted by Gasteiger charge is -2.26. The van der Waals surface area contributed by atoms with E-state index < -0.39 is 23.1 Å². The SMILES string of the molecule is CC(C)(C)C(=O)c1c[nH]c2ncc(-c3ccnc(N4CC[SH4]C(=O)C4=O)c3)nc12. The molecule has 0 aliphatic carbocycles. The number of aromatic amines is 1. The highest BCUT2D eigenvalue weighted by atomic mass is 32.2. The Morgan fingerprint density at radius 3 is 2.79 bits per heavy atom. The molecule has 4 rings (SSSR count). The Morgan fingerprint density at radius 1 is 1.24 bits per heavy atom. The lowest BCUT2D eigenvalue weighted by Crippen LogP contribution is -2.41. The minimum Gasteiger partial charge on any atom is -0.344 e. The first-order valence-electron chi connectivity index (χ1n) is 9.46. The van der Waals surface area contributed by atoms with E-state index in [0.717, 1.165) is 5.75 Å². The summed E-state index contributed by atoms with van der Waals surface area (Å²) in [4.78, 5) is 54.5. The number of pyridine rings is 1. The fourth-order valence-corrected chi connectivity index (χ4v) is 4.51. The minimum absolute atomic E-state index is 0.0211. The zero-order chi connectivity index (χ0) is 20.8. The van der Waals surface area contributed by atoms with Gasteiger partial charge >= 0.3 is 5.91 Å². The van der Waals surface area contributed by atoms with Crippen molar-refractivity contribution >= 4 is 45.5 Å². The summed E-state index contributed by atoms with van der Waals surface area (Å²) in [6.07, 6.45) is 4.83. The van der Waals surface area contributed by atoms with E-state index in [9.17, 15) is 14.4 Å². The Hall–Kier alpha value is -3.07. The molecule has 1 aliphatic heterocycles. The van der Waals surface area contributed by atoms with Gasteiger partial charge in [-0.15, -0.1) is 0 Å². The number of Topliss-reactive ketones (excluding diaryl/α,β-unsaturated/α-hetero) is 1. The van der Waals surface area contributed by atoms with Crippen molar-refractivity contribution in [1.82, 2.24) is 19.9 Å². The Balaban J connectivity index is 1.75. The summed E-state index contributed by atoms with van der Waals surface area (Å²) < 4.78 is 0. The third kappa shape index (κ3) is 3.53. The van der Waals surface area contributed by atoms with E-state index in [0.29, 0.717) is 40.3 Å². The lowest BCUT2D eigenvalue weighted by molar-refractivity contribution is -0.131. The zero-order valence-corrected chi connectivity index (χ0v) is 17.9. The number of amides is 1. The summed E-state index contributed by atoms with van der Waals surface area (Å²) in [6, 6.07) is 3.49. The van der Waals surface area contributed by atoms with Crippen molar-refractivity contribution in [3.63, 3.8) is 0 Å². The quantitative estimate of drug-likeness (QED) is 0.518. The fraction of sp³-hybridized carbons (Fsp3) is 0.300. The van der Waals surface area contributed by atoms with Crippen LogP contribution >= 0.6 is 11.8 Å². The van der Waals surface area contributed by atoms with Gasteiger partial charge in [0.2, 0.25) is 5.12 Å². The molecule has 8 nitrogen and oxygen atoms in total. The van der Waals surface area contributed by atoms with E-state index in [1.807, 2.05) is 20.8 Å². The molecule has 0 saturated carbocycles. The Kier molecular flexibility index (Phi) is 4.70. The molecule has 0 radical (unpaired) electrons. The summed E-state index contributed by atoms with van der Waals surface area (Å²) in [6.45, 7) is 6.10. The van der Waals surface area contributed by atoms with Crippen molar-refractivity contribution in [2.24, 2.45) is 5.41 Å². The second kappa shape index (κ2) is 7.07. The van der Waals surface area contributed by atoms with E-state index >= 15 is 0 Å². The maximum absolute atomic E-state index is 12.7. The van der Waals surface area contributed by atoms with Gasteiger partial charge in [0.25, 0.3) is 0 Å². The predicted octanol–water partition coefficient (Wildman–Crippen LogP) is 1.78. The maximum atomic E-state index is 12.7. The van der Waals surface area contributed by atoms with Gasteiger partial charge in [-0.2, -0.15) is 0 Å². The van der Waals surface area contributed by atoms with Gasteiger partial charge in [-0.3, -0.25) is 19.3 Å². The summed E-state index contributed by atoms with van der Waals surface area (Å²) in [5, 5.41) is -0.262. The molecule has 1 amide bonds. The highest BCUT2D eigenvalue weighted by molar-refractivity contribution is 8.15. The van der Waals surface area contributed by atoms with Crippen LogP contribution < -0.4 is 4.90 Å². The smallest absolute Gasteiger partial charge is 0.302 e. The van der Waals surface area contributed by atoms with E-state index in [4.69, 9.17) is 0 Å². The molecular weight excluding hydrogens is 390 g/mol. The molecule has 1 N–H and O–H groups in total. The number of H-pyrrole nitrogens is 1. The van der Waals surface area contributed by atoms with Crippen LogP contribution in [0.4, 0.5) is 5.82 Å². The number of nitrogens with zero attached hydrogens (tertiary/aromatic N) is 4. The molecule has 3 aromatic rings. The van der Waals surface area contributed by atoms with Crippen LogP contribution in [0.2, 0.25) is 0 Å². The molecule has 1 fully saturated rings. The largest absolute Gasteiger partial charge is 0.344 e. The van der Waals surface area contributed by atoms with Gasteiger partial charge < -0.3 is 4.98 Å². The number of carbonyl (C=O) groups is 3. The number of aromatic nitrogens is 4. The van der Waals surface area contributed by atoms with Gasteiger partial charge in [-0.25, -0.2) is 26.7 Å². The molecular formula is C20H23N5O3S. The normalized spacial score (nSPS) is 15.5.